The number of alkyl halides is 3. The van der Waals surface area contributed by atoms with Gasteiger partial charge < -0.3 is 5.32 Å². The summed E-state index contributed by atoms with van der Waals surface area (Å²) in [7, 11) is 0. The third-order valence-corrected chi connectivity index (χ3v) is 5.80. The van der Waals surface area contributed by atoms with Gasteiger partial charge in [0.1, 0.15) is 5.82 Å². The van der Waals surface area contributed by atoms with Gasteiger partial charge in [-0.1, -0.05) is 20.4 Å². The van der Waals surface area contributed by atoms with Gasteiger partial charge in [0, 0.05) is 18.3 Å². The van der Waals surface area contributed by atoms with Crippen LogP contribution in [-0.4, -0.2) is 20.9 Å². The minimum absolute atomic E-state index is 0.0289. The molecule has 0 spiro atoms. The Morgan fingerprint density at radius 1 is 1.27 bits per heavy atom. The lowest BCUT2D eigenvalue weighted by Gasteiger charge is -2.25. The normalized spacial score (nSPS) is 19.7. The second-order valence-electron chi connectivity index (χ2n) is 8.54. The van der Waals surface area contributed by atoms with E-state index in [1.54, 1.807) is 0 Å². The molecular weight excluding hydrogens is 389 g/mol. The van der Waals surface area contributed by atoms with Gasteiger partial charge in [0.15, 0.2) is 0 Å². The van der Waals surface area contributed by atoms with Crippen molar-refractivity contribution in [3.05, 3.63) is 59.6 Å². The Hall–Kier alpha value is -2.57. The minimum atomic E-state index is -4.44. The molecule has 3 heterocycles. The van der Waals surface area contributed by atoms with Gasteiger partial charge in [0.05, 0.1) is 17.4 Å². The molecule has 1 fully saturated rings. The minimum Gasteiger partial charge on any atom is -0.362 e. The maximum Gasteiger partial charge on any atom is 0.415 e. The molecule has 7 heteroatoms. The van der Waals surface area contributed by atoms with Crippen LogP contribution >= 0.6 is 0 Å². The number of hydrogen-bond donors (Lipinski definition) is 1. The van der Waals surface area contributed by atoms with Gasteiger partial charge in [-0.3, -0.25) is 4.68 Å². The highest BCUT2D eigenvalue weighted by molar-refractivity contribution is 5.67. The van der Waals surface area contributed by atoms with Gasteiger partial charge in [0.2, 0.25) is 0 Å². The molecule has 4 rings (SSSR count). The Labute approximate surface area is 174 Å². The zero-order chi connectivity index (χ0) is 21.5. The molecule has 160 valence electrons. The number of nitrogens with one attached hydrogen (secondary N) is 1. The van der Waals surface area contributed by atoms with E-state index < -0.39 is 11.7 Å². The maximum atomic E-state index is 13.0. The standard InChI is InChI=1S/C23H27F3N4/c1-14(2)18(11-15(3)23(24,25)26)20-13-21-19(5-4-10-30(21)29-20)28-22-12-17(8-9-27-22)16-6-7-16/h8-9,11-14,16,19H,3-7,10H2,1-2H3,(H,27,28)/b18-11+. The molecule has 0 saturated heterocycles. The molecule has 1 saturated carbocycles. The third kappa shape index (κ3) is 4.45. The first-order valence-electron chi connectivity index (χ1n) is 10.5. The first kappa shape index (κ1) is 20.7. The number of aryl methyl sites for hydroxylation is 1. The smallest absolute Gasteiger partial charge is 0.362 e. The van der Waals surface area contributed by atoms with Crippen LogP contribution in [0.5, 0.6) is 0 Å². The Bertz CT molecular complexity index is 967. The number of fused-ring (bicyclic) bond motifs is 1. The van der Waals surface area contributed by atoms with Crippen molar-refractivity contribution in [3.63, 3.8) is 0 Å². The van der Waals surface area contributed by atoms with Gasteiger partial charge in [-0.25, -0.2) is 4.98 Å². The average molecular weight is 416 g/mol. The Morgan fingerprint density at radius 3 is 2.70 bits per heavy atom. The number of rotatable bonds is 6. The molecule has 2 aromatic rings. The molecule has 1 N–H and O–H groups in total. The number of nitrogens with zero attached hydrogens (tertiary/aromatic N) is 3. The van der Waals surface area contributed by atoms with Gasteiger partial charge in [0.25, 0.3) is 0 Å². The summed E-state index contributed by atoms with van der Waals surface area (Å²) in [4.78, 5) is 4.46. The number of pyridine rings is 1. The summed E-state index contributed by atoms with van der Waals surface area (Å²) in [6.07, 6.45) is 2.86. The molecule has 0 amide bonds. The molecule has 2 aromatic heterocycles. The first-order chi connectivity index (χ1) is 14.2. The molecule has 1 atom stereocenters. The van der Waals surface area contributed by atoms with Gasteiger partial charge in [-0.15, -0.1) is 0 Å². The molecule has 30 heavy (non-hydrogen) atoms. The number of aromatic nitrogens is 3. The lowest BCUT2D eigenvalue weighted by Crippen LogP contribution is -2.22. The van der Waals surface area contributed by atoms with Crippen molar-refractivity contribution >= 4 is 11.4 Å². The van der Waals surface area contributed by atoms with E-state index in [0.29, 0.717) is 17.2 Å². The number of halogens is 3. The lowest BCUT2D eigenvalue weighted by atomic mass is 9.96. The largest absolute Gasteiger partial charge is 0.415 e. The second kappa shape index (κ2) is 7.93. The van der Waals surface area contributed by atoms with E-state index in [9.17, 15) is 13.2 Å². The molecule has 1 aliphatic carbocycles. The van der Waals surface area contributed by atoms with Crippen LogP contribution in [0.15, 0.2) is 42.6 Å². The SMILES string of the molecule is C=C(/C=C(/c1cc2n(n1)CCCC2Nc1cc(C2CC2)ccn1)C(C)C)C(F)(F)F. The molecule has 1 unspecified atom stereocenters. The van der Waals surface area contributed by atoms with E-state index >= 15 is 0 Å². The van der Waals surface area contributed by atoms with Crippen LogP contribution in [0.2, 0.25) is 0 Å². The van der Waals surface area contributed by atoms with E-state index in [1.807, 2.05) is 30.8 Å². The van der Waals surface area contributed by atoms with Gasteiger partial charge >= 0.3 is 6.18 Å². The van der Waals surface area contributed by atoms with Crippen molar-refractivity contribution in [2.45, 2.75) is 64.2 Å². The summed E-state index contributed by atoms with van der Waals surface area (Å²) >= 11 is 0. The van der Waals surface area contributed by atoms with Crippen molar-refractivity contribution in [1.82, 2.24) is 14.8 Å². The fraction of sp³-hybridized carbons (Fsp3) is 0.478. The maximum absolute atomic E-state index is 13.0. The van der Waals surface area contributed by atoms with E-state index in [4.69, 9.17) is 0 Å². The Kier molecular flexibility index (Phi) is 5.47. The van der Waals surface area contributed by atoms with Crippen molar-refractivity contribution in [3.8, 4) is 0 Å². The summed E-state index contributed by atoms with van der Waals surface area (Å²) in [5.74, 6) is 1.38. The van der Waals surface area contributed by atoms with E-state index in [2.05, 4.69) is 34.1 Å². The number of anilines is 1. The third-order valence-electron chi connectivity index (χ3n) is 5.80. The molecule has 4 nitrogen and oxygen atoms in total. The summed E-state index contributed by atoms with van der Waals surface area (Å²) < 4.78 is 41.0. The van der Waals surface area contributed by atoms with E-state index in [-0.39, 0.29) is 12.0 Å². The van der Waals surface area contributed by atoms with Crippen molar-refractivity contribution in [2.24, 2.45) is 5.92 Å². The summed E-state index contributed by atoms with van der Waals surface area (Å²) in [6.45, 7) is 7.70. The lowest BCUT2D eigenvalue weighted by molar-refractivity contribution is -0.0877. The highest BCUT2D eigenvalue weighted by atomic mass is 19.4. The predicted molar refractivity (Wildman–Crippen MR) is 112 cm³/mol. The van der Waals surface area contributed by atoms with Crippen LogP contribution in [0, 0.1) is 5.92 Å². The van der Waals surface area contributed by atoms with Gasteiger partial charge in [-0.05, 0) is 72.9 Å². The van der Waals surface area contributed by atoms with Crippen molar-refractivity contribution in [2.75, 3.05) is 5.32 Å². The average Bonchev–Trinajstić information content (AvgIpc) is 3.44. The zero-order valence-electron chi connectivity index (χ0n) is 17.3. The van der Waals surface area contributed by atoms with E-state index in [0.717, 1.165) is 37.0 Å². The summed E-state index contributed by atoms with van der Waals surface area (Å²) in [5, 5.41) is 8.15. The highest BCUT2D eigenvalue weighted by Crippen LogP contribution is 2.41. The zero-order valence-corrected chi connectivity index (χ0v) is 17.3. The summed E-state index contributed by atoms with van der Waals surface area (Å²) in [6, 6.07) is 6.12. The molecule has 0 bridgehead atoms. The molecule has 0 aromatic carbocycles. The Morgan fingerprint density at radius 2 is 2.03 bits per heavy atom. The molecule has 2 aliphatic rings. The van der Waals surface area contributed by atoms with Crippen molar-refractivity contribution in [1.29, 1.82) is 0 Å². The van der Waals surface area contributed by atoms with Crippen LogP contribution in [-0.2, 0) is 6.54 Å². The van der Waals surface area contributed by atoms with E-state index in [1.165, 1.54) is 18.4 Å². The Balaban J connectivity index is 1.61. The fourth-order valence-corrected chi connectivity index (χ4v) is 3.95. The van der Waals surface area contributed by atoms with Crippen LogP contribution in [0.25, 0.3) is 5.57 Å². The number of allylic oxidation sites excluding steroid dienone is 3. The molecular formula is C23H27F3N4. The van der Waals surface area contributed by atoms with Crippen LogP contribution in [0.1, 0.15) is 68.4 Å². The van der Waals surface area contributed by atoms with Gasteiger partial charge in [-0.2, -0.15) is 18.3 Å². The highest BCUT2D eigenvalue weighted by Gasteiger charge is 2.32. The first-order valence-corrected chi connectivity index (χ1v) is 10.5. The summed E-state index contributed by atoms with van der Waals surface area (Å²) in [5.41, 5.74) is 2.57. The van der Waals surface area contributed by atoms with Crippen LogP contribution in [0.4, 0.5) is 19.0 Å². The quantitative estimate of drug-likeness (QED) is 0.565. The fourth-order valence-electron chi connectivity index (χ4n) is 3.95. The van der Waals surface area contributed by atoms with Crippen LogP contribution in [0.3, 0.4) is 0 Å². The molecule has 0 radical (unpaired) electrons. The molecule has 1 aliphatic heterocycles. The number of hydrogen-bond acceptors (Lipinski definition) is 3. The second-order valence-corrected chi connectivity index (χ2v) is 8.54. The predicted octanol–water partition coefficient (Wildman–Crippen LogP) is 6.26. The van der Waals surface area contributed by atoms with Crippen LogP contribution < -0.4 is 5.32 Å². The topological polar surface area (TPSA) is 42.7 Å². The van der Waals surface area contributed by atoms with Crippen molar-refractivity contribution < 1.29 is 13.2 Å². The monoisotopic (exact) mass is 416 g/mol.